The van der Waals surface area contributed by atoms with Gasteiger partial charge in [-0.3, -0.25) is 9.59 Å². The van der Waals surface area contributed by atoms with Crippen LogP contribution in [0.4, 0.5) is 0 Å². The van der Waals surface area contributed by atoms with E-state index in [1.807, 2.05) is 42.5 Å². The van der Waals surface area contributed by atoms with Crippen LogP contribution in [0.5, 0.6) is 0 Å². The molecule has 2 N–H and O–H groups in total. The fraction of sp³-hybridized carbons (Fsp3) is 0.343. The predicted molar refractivity (Wildman–Crippen MR) is 165 cm³/mol. The van der Waals surface area contributed by atoms with Crippen molar-refractivity contribution in [1.29, 1.82) is 0 Å². The molecule has 1 heterocycles. The van der Waals surface area contributed by atoms with Crippen LogP contribution in [0.3, 0.4) is 0 Å². The number of amides is 1. The number of benzene rings is 3. The lowest BCUT2D eigenvalue weighted by Gasteiger charge is -2.58. The van der Waals surface area contributed by atoms with Crippen LogP contribution in [0.2, 0.25) is 5.02 Å². The van der Waals surface area contributed by atoms with Gasteiger partial charge in [0.1, 0.15) is 5.69 Å². The molecule has 4 aromatic rings. The van der Waals surface area contributed by atoms with E-state index in [-0.39, 0.29) is 29.5 Å². The highest BCUT2D eigenvalue weighted by Gasteiger charge is 2.55. The van der Waals surface area contributed by atoms with Crippen LogP contribution in [0.1, 0.15) is 64.1 Å². The molecular weight excluding hydrogens is 564 g/mol. The van der Waals surface area contributed by atoms with Gasteiger partial charge in [0.05, 0.1) is 18.2 Å². The molecular formula is C35H33ClN2O5. The third kappa shape index (κ3) is 4.94. The van der Waals surface area contributed by atoms with Gasteiger partial charge in [0, 0.05) is 39.7 Å². The van der Waals surface area contributed by atoms with Crippen molar-refractivity contribution < 1.29 is 19.4 Å². The Labute approximate surface area is 254 Å². The molecule has 220 valence electrons. The first-order chi connectivity index (χ1) is 20.7. The zero-order valence-corrected chi connectivity index (χ0v) is 24.6. The molecule has 1 amide bonds. The molecule has 3 aromatic carbocycles. The zero-order valence-electron chi connectivity index (χ0n) is 23.9. The number of methoxy groups -OCH3 is 1. The summed E-state index contributed by atoms with van der Waals surface area (Å²) in [6.07, 6.45) is 4.76. The van der Waals surface area contributed by atoms with Crippen molar-refractivity contribution in [2.75, 3.05) is 7.11 Å². The van der Waals surface area contributed by atoms with Gasteiger partial charge in [-0.15, -0.1) is 0 Å². The number of aromatic nitrogens is 1. The number of esters is 1. The number of hydrogen-bond donors (Lipinski definition) is 2. The van der Waals surface area contributed by atoms with Crippen molar-refractivity contribution in [3.05, 3.63) is 110 Å². The largest absolute Gasteiger partial charge is 0.464 e. The van der Waals surface area contributed by atoms with Crippen LogP contribution in [0, 0.1) is 17.8 Å². The molecule has 8 rings (SSSR count). The minimum absolute atomic E-state index is 0.0918. The van der Waals surface area contributed by atoms with Crippen LogP contribution < -0.4 is 10.7 Å². The van der Waals surface area contributed by atoms with E-state index in [4.69, 9.17) is 16.3 Å². The number of halogens is 1. The highest BCUT2D eigenvalue weighted by atomic mass is 35.5. The highest BCUT2D eigenvalue weighted by Crippen LogP contribution is 2.55. The monoisotopic (exact) mass is 596 g/mol. The first-order valence-electron chi connectivity index (χ1n) is 14.9. The van der Waals surface area contributed by atoms with E-state index in [1.54, 1.807) is 34.9 Å². The fourth-order valence-electron chi connectivity index (χ4n) is 8.16. The van der Waals surface area contributed by atoms with Crippen molar-refractivity contribution in [2.45, 2.75) is 50.2 Å². The number of para-hydroxylation sites is 1. The Morgan fingerprint density at radius 2 is 1.70 bits per heavy atom. The summed E-state index contributed by atoms with van der Waals surface area (Å²) < 4.78 is 6.91. The average molecular weight is 597 g/mol. The molecule has 0 radical (unpaired) electrons. The molecule has 4 aliphatic rings. The zero-order chi connectivity index (χ0) is 29.9. The second-order valence-corrected chi connectivity index (χ2v) is 13.0. The average Bonchev–Trinajstić information content (AvgIpc) is 2.99. The van der Waals surface area contributed by atoms with E-state index < -0.39 is 11.6 Å². The summed E-state index contributed by atoms with van der Waals surface area (Å²) in [6.45, 7) is 0. The standard InChI is InChI=1S/C35H33ClN2O5/c1-43-34(41)31-28(32(39)27-12-11-25(36)16-29(27)38(31)26-5-3-2-4-6-26)15-20-7-9-22(10-8-20)33(40)37-30-23-13-21-14-24(30)19-35(42,17-21)18-23/h2-12,16,21,23-24,30,42H,13-15,17-19H2,1H3,(H,37,40)/t21-,23+,24-,30+,35-. The van der Waals surface area contributed by atoms with Gasteiger partial charge < -0.3 is 19.7 Å². The van der Waals surface area contributed by atoms with E-state index in [1.165, 1.54) is 7.11 Å². The number of pyridine rings is 1. The highest BCUT2D eigenvalue weighted by molar-refractivity contribution is 6.31. The minimum Gasteiger partial charge on any atom is -0.464 e. The van der Waals surface area contributed by atoms with Gasteiger partial charge in [0.25, 0.3) is 5.91 Å². The van der Waals surface area contributed by atoms with Gasteiger partial charge in [-0.2, -0.15) is 0 Å². The van der Waals surface area contributed by atoms with Crippen LogP contribution in [-0.4, -0.2) is 40.3 Å². The fourth-order valence-corrected chi connectivity index (χ4v) is 8.32. The van der Waals surface area contributed by atoms with Crippen LogP contribution in [0.15, 0.2) is 77.6 Å². The number of hydrogen-bond acceptors (Lipinski definition) is 5. The summed E-state index contributed by atoms with van der Waals surface area (Å²) in [5.41, 5.74) is 2.15. The summed E-state index contributed by atoms with van der Waals surface area (Å²) >= 11 is 6.33. The van der Waals surface area contributed by atoms with Gasteiger partial charge >= 0.3 is 5.97 Å². The maximum Gasteiger partial charge on any atom is 0.355 e. The van der Waals surface area contributed by atoms with Gasteiger partial charge in [-0.25, -0.2) is 4.79 Å². The molecule has 0 aliphatic heterocycles. The van der Waals surface area contributed by atoms with E-state index in [9.17, 15) is 19.5 Å². The van der Waals surface area contributed by atoms with Gasteiger partial charge in [-0.1, -0.05) is 41.9 Å². The van der Waals surface area contributed by atoms with Crippen LogP contribution >= 0.6 is 11.6 Å². The summed E-state index contributed by atoms with van der Waals surface area (Å²) in [5, 5.41) is 15.1. The Hall–Kier alpha value is -3.94. The van der Waals surface area contributed by atoms with E-state index in [0.717, 1.165) is 37.7 Å². The predicted octanol–water partition coefficient (Wildman–Crippen LogP) is 5.69. The van der Waals surface area contributed by atoms with Gasteiger partial charge in [0.15, 0.2) is 5.43 Å². The third-order valence-corrected chi connectivity index (χ3v) is 9.99. The summed E-state index contributed by atoms with van der Waals surface area (Å²) in [4.78, 5) is 40.4. The lowest BCUT2D eigenvalue weighted by Crippen LogP contribution is -2.61. The van der Waals surface area contributed by atoms with Crippen molar-refractivity contribution in [2.24, 2.45) is 17.8 Å². The van der Waals surface area contributed by atoms with Gasteiger partial charge in [-0.05, 0) is 97.9 Å². The molecule has 43 heavy (non-hydrogen) atoms. The van der Waals surface area contributed by atoms with Crippen molar-refractivity contribution in [3.8, 4) is 5.69 Å². The first kappa shape index (κ1) is 27.9. The van der Waals surface area contributed by atoms with E-state index >= 15 is 0 Å². The molecule has 1 aromatic heterocycles. The Morgan fingerprint density at radius 3 is 2.35 bits per heavy atom. The molecule has 0 spiro atoms. The second kappa shape index (κ2) is 10.6. The number of ether oxygens (including phenoxy) is 1. The lowest BCUT2D eigenvalue weighted by molar-refractivity contribution is -0.136. The number of nitrogens with one attached hydrogen (secondary N) is 1. The van der Waals surface area contributed by atoms with Crippen molar-refractivity contribution in [1.82, 2.24) is 9.88 Å². The number of carbonyl (C=O) groups excluding carboxylic acids is 2. The summed E-state index contributed by atoms with van der Waals surface area (Å²) in [6, 6.07) is 21.6. The Morgan fingerprint density at radius 1 is 1.00 bits per heavy atom. The number of carbonyl (C=O) groups is 2. The van der Waals surface area contributed by atoms with Crippen LogP contribution in [0.25, 0.3) is 16.6 Å². The lowest BCUT2D eigenvalue weighted by atomic mass is 9.52. The molecule has 4 saturated carbocycles. The molecule has 7 nitrogen and oxygen atoms in total. The number of rotatable bonds is 6. The SMILES string of the molecule is COC(=O)c1c(Cc2ccc(C(=O)N[C@@H]3[C@@H]4C[C@H]5C[C@H]3C[C@](O)(C5)C4)cc2)c(=O)c2ccc(Cl)cc2n1-c1ccccc1. The molecule has 0 saturated heterocycles. The Balaban J connectivity index is 1.21. The Bertz CT molecular complexity index is 1780. The number of nitrogens with zero attached hydrogens (tertiary/aromatic N) is 1. The second-order valence-electron chi connectivity index (χ2n) is 12.5. The molecule has 0 unspecified atom stereocenters. The topological polar surface area (TPSA) is 97.6 Å². The maximum absolute atomic E-state index is 13.9. The molecule has 4 fully saturated rings. The van der Waals surface area contributed by atoms with E-state index in [2.05, 4.69) is 5.32 Å². The van der Waals surface area contributed by atoms with E-state index in [0.29, 0.717) is 50.5 Å². The molecule has 4 aliphatic carbocycles. The quantitative estimate of drug-likeness (QED) is 0.279. The van der Waals surface area contributed by atoms with Gasteiger partial charge in [0.2, 0.25) is 0 Å². The smallest absolute Gasteiger partial charge is 0.355 e. The normalized spacial score (nSPS) is 25.6. The Kier molecular flexibility index (Phi) is 6.90. The summed E-state index contributed by atoms with van der Waals surface area (Å²) in [7, 11) is 1.30. The molecule has 5 atom stereocenters. The summed E-state index contributed by atoms with van der Waals surface area (Å²) in [5.74, 6) is 0.467. The number of aliphatic hydroxyl groups is 1. The molecule has 4 bridgehead atoms. The third-order valence-electron chi connectivity index (χ3n) is 9.76. The van der Waals surface area contributed by atoms with Crippen molar-refractivity contribution >= 4 is 34.4 Å². The maximum atomic E-state index is 13.9. The number of fused-ring (bicyclic) bond motifs is 1. The van der Waals surface area contributed by atoms with Crippen LogP contribution in [-0.2, 0) is 11.2 Å². The minimum atomic E-state index is -0.630. The van der Waals surface area contributed by atoms with Crippen molar-refractivity contribution in [3.63, 3.8) is 0 Å². The first-order valence-corrected chi connectivity index (χ1v) is 15.2. The molecule has 8 heteroatoms.